The molecule has 3 rings (SSSR count). The number of aryl methyl sites for hydroxylation is 1. The summed E-state index contributed by atoms with van der Waals surface area (Å²) in [5.74, 6) is -0.330. The van der Waals surface area contributed by atoms with Gasteiger partial charge >= 0.3 is 0 Å². The number of nitrogens with zero attached hydrogens (tertiary/aromatic N) is 3. The molecule has 0 aliphatic rings. The van der Waals surface area contributed by atoms with Crippen molar-refractivity contribution in [1.82, 2.24) is 14.9 Å². The maximum atomic E-state index is 13.3. The number of fused-ring (bicyclic) bond motifs is 1. The van der Waals surface area contributed by atoms with Crippen LogP contribution in [0.3, 0.4) is 0 Å². The van der Waals surface area contributed by atoms with E-state index >= 15 is 0 Å². The first kappa shape index (κ1) is 22.6. The van der Waals surface area contributed by atoms with Crippen LogP contribution in [0.15, 0.2) is 58.5 Å². The fourth-order valence-corrected chi connectivity index (χ4v) is 3.91. The number of amides is 1. The van der Waals surface area contributed by atoms with Gasteiger partial charge in [-0.3, -0.25) is 14.2 Å². The second-order valence-electron chi connectivity index (χ2n) is 8.11. The highest BCUT2D eigenvalue weighted by molar-refractivity contribution is 8.00. The highest BCUT2D eigenvalue weighted by atomic mass is 32.2. The number of hydrogen-bond donors (Lipinski definition) is 1. The Balaban J connectivity index is 2.04. The first-order valence-electron chi connectivity index (χ1n) is 10.1. The summed E-state index contributed by atoms with van der Waals surface area (Å²) in [7, 11) is 0. The van der Waals surface area contributed by atoms with Crippen LogP contribution in [0.4, 0.5) is 0 Å². The Labute approximate surface area is 186 Å². The molecule has 1 amide bonds. The minimum atomic E-state index is -0.973. The van der Waals surface area contributed by atoms with Crippen LogP contribution in [0.1, 0.15) is 33.3 Å². The van der Waals surface area contributed by atoms with Gasteiger partial charge in [0.25, 0.3) is 5.56 Å². The molecule has 2 atom stereocenters. The van der Waals surface area contributed by atoms with Crippen LogP contribution >= 0.6 is 11.8 Å². The molecular formula is C24H26N4O2S. The maximum absolute atomic E-state index is 13.3. The van der Waals surface area contributed by atoms with E-state index in [9.17, 15) is 14.9 Å². The molecule has 2 aromatic carbocycles. The van der Waals surface area contributed by atoms with Gasteiger partial charge in [-0.05, 0) is 51.0 Å². The normalized spacial score (nSPS) is 14.1. The van der Waals surface area contributed by atoms with Crippen molar-refractivity contribution in [3.8, 4) is 11.8 Å². The van der Waals surface area contributed by atoms with Gasteiger partial charge in [-0.1, -0.05) is 55.4 Å². The third-order valence-corrected chi connectivity index (χ3v) is 6.51. The van der Waals surface area contributed by atoms with Gasteiger partial charge in [0.15, 0.2) is 5.16 Å². The molecule has 3 aromatic rings. The Morgan fingerprint density at radius 3 is 2.42 bits per heavy atom. The van der Waals surface area contributed by atoms with E-state index in [0.717, 1.165) is 5.56 Å². The lowest BCUT2D eigenvalue weighted by molar-refractivity contribution is -0.121. The lowest BCUT2D eigenvalue weighted by atomic mass is 9.90. The Bertz CT molecular complexity index is 1210. The minimum Gasteiger partial charge on any atom is -0.337 e. The summed E-state index contributed by atoms with van der Waals surface area (Å²) >= 11 is 1.20. The van der Waals surface area contributed by atoms with Crippen molar-refractivity contribution in [3.63, 3.8) is 0 Å². The second-order valence-corrected chi connectivity index (χ2v) is 9.41. The number of carbonyl (C=O) groups is 1. The van der Waals surface area contributed by atoms with Crippen LogP contribution in [0.2, 0.25) is 0 Å². The predicted octanol–water partition coefficient (Wildman–Crippen LogP) is 4.23. The van der Waals surface area contributed by atoms with Crippen molar-refractivity contribution in [2.45, 2.75) is 50.6 Å². The second kappa shape index (κ2) is 8.94. The van der Waals surface area contributed by atoms with Crippen molar-refractivity contribution in [2.75, 3.05) is 0 Å². The molecule has 0 radical (unpaired) electrons. The summed E-state index contributed by atoms with van der Waals surface area (Å²) in [5.41, 5.74) is 1.19. The van der Waals surface area contributed by atoms with Gasteiger partial charge in [0.2, 0.25) is 5.91 Å². The molecule has 0 spiro atoms. The van der Waals surface area contributed by atoms with E-state index in [1.54, 1.807) is 30.5 Å². The molecule has 0 bridgehead atoms. The monoisotopic (exact) mass is 434 g/mol. The van der Waals surface area contributed by atoms with E-state index in [0.29, 0.717) is 21.7 Å². The zero-order valence-electron chi connectivity index (χ0n) is 18.3. The zero-order chi connectivity index (χ0) is 22.8. The summed E-state index contributed by atoms with van der Waals surface area (Å²) in [4.78, 5) is 30.9. The molecule has 0 aliphatic heterocycles. The van der Waals surface area contributed by atoms with Gasteiger partial charge in [0.05, 0.1) is 27.9 Å². The molecule has 7 heteroatoms. The van der Waals surface area contributed by atoms with Crippen LogP contribution in [-0.4, -0.2) is 26.2 Å². The smallest absolute Gasteiger partial charge is 0.266 e. The number of para-hydroxylation sites is 1. The van der Waals surface area contributed by atoms with Crippen molar-refractivity contribution < 1.29 is 4.79 Å². The van der Waals surface area contributed by atoms with Crippen molar-refractivity contribution in [3.05, 3.63) is 64.4 Å². The van der Waals surface area contributed by atoms with Gasteiger partial charge in [-0.25, -0.2) is 4.98 Å². The molecular weight excluding hydrogens is 408 g/mol. The van der Waals surface area contributed by atoms with Crippen LogP contribution in [0, 0.1) is 24.2 Å². The topological polar surface area (TPSA) is 87.8 Å². The number of nitrogens with one attached hydrogen (secondary N) is 1. The minimum absolute atomic E-state index is 0.0526. The molecule has 0 fully saturated rings. The predicted molar refractivity (Wildman–Crippen MR) is 124 cm³/mol. The first-order valence-corrected chi connectivity index (χ1v) is 11.0. The van der Waals surface area contributed by atoms with Gasteiger partial charge in [0.1, 0.15) is 5.54 Å². The SMILES string of the molecule is Cc1ccc(-n2c(SC(C)C(=O)NC(C)(C#N)C(C)C)nc3ccccc3c2=O)cc1. The van der Waals surface area contributed by atoms with Crippen LogP contribution in [0.25, 0.3) is 16.6 Å². The highest BCUT2D eigenvalue weighted by Crippen LogP contribution is 2.26. The lowest BCUT2D eigenvalue weighted by Crippen LogP contribution is -2.51. The Morgan fingerprint density at radius 2 is 1.81 bits per heavy atom. The molecule has 1 aromatic heterocycles. The summed E-state index contributed by atoms with van der Waals surface area (Å²) in [6.45, 7) is 9.22. The van der Waals surface area contributed by atoms with Crippen molar-refractivity contribution in [2.24, 2.45) is 5.92 Å². The molecule has 0 saturated carbocycles. The van der Waals surface area contributed by atoms with E-state index in [4.69, 9.17) is 0 Å². The van der Waals surface area contributed by atoms with Crippen molar-refractivity contribution in [1.29, 1.82) is 5.26 Å². The number of rotatable bonds is 6. The lowest BCUT2D eigenvalue weighted by Gasteiger charge is -2.28. The molecule has 1 N–H and O–H groups in total. The number of benzene rings is 2. The Kier molecular flexibility index (Phi) is 6.51. The Hall–Kier alpha value is -3.11. The number of hydrogen-bond acceptors (Lipinski definition) is 5. The summed E-state index contributed by atoms with van der Waals surface area (Å²) in [5, 5.41) is 12.7. The fourth-order valence-electron chi connectivity index (χ4n) is 2.98. The third-order valence-electron chi connectivity index (χ3n) is 5.46. The highest BCUT2D eigenvalue weighted by Gasteiger charge is 2.32. The molecule has 6 nitrogen and oxygen atoms in total. The van der Waals surface area contributed by atoms with Crippen LogP contribution in [-0.2, 0) is 4.79 Å². The largest absolute Gasteiger partial charge is 0.337 e. The summed E-state index contributed by atoms with van der Waals surface area (Å²) < 4.78 is 1.54. The zero-order valence-corrected chi connectivity index (χ0v) is 19.2. The maximum Gasteiger partial charge on any atom is 0.266 e. The average Bonchev–Trinajstić information content (AvgIpc) is 2.74. The van der Waals surface area contributed by atoms with Crippen molar-refractivity contribution >= 4 is 28.6 Å². The quantitative estimate of drug-likeness (QED) is 0.463. The van der Waals surface area contributed by atoms with Crippen LogP contribution < -0.4 is 10.9 Å². The van der Waals surface area contributed by atoms with Gasteiger partial charge < -0.3 is 5.32 Å². The van der Waals surface area contributed by atoms with Gasteiger partial charge in [-0.15, -0.1) is 0 Å². The average molecular weight is 435 g/mol. The van der Waals surface area contributed by atoms with E-state index in [2.05, 4.69) is 16.4 Å². The van der Waals surface area contributed by atoms with Gasteiger partial charge in [0, 0.05) is 0 Å². The standard InChI is InChI=1S/C24H26N4O2S/c1-15(2)24(5,14-25)27-21(29)17(4)31-23-26-20-9-7-6-8-19(20)22(30)28(23)18-12-10-16(3)11-13-18/h6-13,15,17H,1-5H3,(H,27,29). The van der Waals surface area contributed by atoms with E-state index in [-0.39, 0.29) is 17.4 Å². The van der Waals surface area contributed by atoms with E-state index < -0.39 is 10.8 Å². The summed E-state index contributed by atoms with van der Waals surface area (Å²) in [6.07, 6.45) is 0. The van der Waals surface area contributed by atoms with E-state index in [1.807, 2.05) is 57.2 Å². The van der Waals surface area contributed by atoms with E-state index in [1.165, 1.54) is 11.8 Å². The number of thioether (sulfide) groups is 1. The molecule has 2 unspecified atom stereocenters. The number of carbonyl (C=O) groups excluding carboxylic acids is 1. The molecule has 160 valence electrons. The number of nitriles is 1. The number of aromatic nitrogens is 2. The molecule has 31 heavy (non-hydrogen) atoms. The fraction of sp³-hybridized carbons (Fsp3) is 0.333. The molecule has 1 heterocycles. The first-order chi connectivity index (χ1) is 14.7. The van der Waals surface area contributed by atoms with Crippen LogP contribution in [0.5, 0.6) is 0 Å². The van der Waals surface area contributed by atoms with Gasteiger partial charge in [-0.2, -0.15) is 5.26 Å². The molecule has 0 saturated heterocycles. The summed E-state index contributed by atoms with van der Waals surface area (Å²) in [6, 6.07) is 17.0. The third kappa shape index (κ3) is 4.64. The molecule has 0 aliphatic carbocycles. The Morgan fingerprint density at radius 1 is 1.16 bits per heavy atom.